The molecule has 20 heavy (non-hydrogen) atoms. The van der Waals surface area contributed by atoms with E-state index in [0.717, 1.165) is 5.56 Å². The van der Waals surface area contributed by atoms with Crippen molar-refractivity contribution >= 4 is 5.97 Å². The Labute approximate surface area is 116 Å². The van der Waals surface area contributed by atoms with Gasteiger partial charge in [-0.25, -0.2) is 4.79 Å². The van der Waals surface area contributed by atoms with Gasteiger partial charge in [-0.1, -0.05) is 23.9 Å². The van der Waals surface area contributed by atoms with E-state index in [1.807, 2.05) is 0 Å². The minimum atomic E-state index is -1.23. The highest BCUT2D eigenvalue weighted by atomic mass is 16.5. The van der Waals surface area contributed by atoms with Crippen molar-refractivity contribution in [3.8, 4) is 28.4 Å². The summed E-state index contributed by atoms with van der Waals surface area (Å²) in [6.45, 7) is 0. The Morgan fingerprint density at radius 2 is 1.60 bits per heavy atom. The normalized spacial score (nSPS) is 10.1. The Kier molecular flexibility index (Phi) is 3.79. The molecule has 0 aliphatic heterocycles. The molecule has 2 aromatic rings. The molecule has 5 heteroatoms. The van der Waals surface area contributed by atoms with Crippen LogP contribution in [0, 0.1) is 0 Å². The number of carboxylic acid groups (broad SMARTS) is 1. The third kappa shape index (κ3) is 2.51. The summed E-state index contributed by atoms with van der Waals surface area (Å²) < 4.78 is 10.3. The van der Waals surface area contributed by atoms with Gasteiger partial charge in [0, 0.05) is 0 Å². The zero-order valence-electron chi connectivity index (χ0n) is 11.0. The summed E-state index contributed by atoms with van der Waals surface area (Å²) in [5.74, 6) is -0.626. The molecule has 0 atom stereocenters. The second-order valence-electron chi connectivity index (χ2n) is 4.09. The largest absolute Gasteiger partial charge is 0.872 e. The summed E-state index contributed by atoms with van der Waals surface area (Å²) >= 11 is 0. The molecule has 0 aromatic heterocycles. The van der Waals surface area contributed by atoms with Crippen LogP contribution in [0.25, 0.3) is 11.1 Å². The van der Waals surface area contributed by atoms with Gasteiger partial charge in [-0.15, -0.1) is 0 Å². The first-order valence-electron chi connectivity index (χ1n) is 5.83. The Hall–Kier alpha value is -2.69. The third-order valence-electron chi connectivity index (χ3n) is 2.93. The van der Waals surface area contributed by atoms with E-state index < -0.39 is 11.7 Å². The third-order valence-corrected chi connectivity index (χ3v) is 2.93. The SMILES string of the molecule is COc1ccc(-c2ccc(C(=O)O)c([O-])c2)cc1OC. The highest BCUT2D eigenvalue weighted by molar-refractivity contribution is 5.91. The number of carboxylic acids is 1. The quantitative estimate of drug-likeness (QED) is 0.923. The average Bonchev–Trinajstić information content (AvgIpc) is 2.45. The Morgan fingerprint density at radius 3 is 2.15 bits per heavy atom. The minimum absolute atomic E-state index is 0.241. The molecular formula is C15H13O5-. The molecule has 5 nitrogen and oxygen atoms in total. The van der Waals surface area contributed by atoms with Gasteiger partial charge >= 0.3 is 5.97 Å². The van der Waals surface area contributed by atoms with E-state index in [9.17, 15) is 9.90 Å². The van der Waals surface area contributed by atoms with Crippen LogP contribution in [0.15, 0.2) is 36.4 Å². The Balaban J connectivity index is 2.46. The maximum Gasteiger partial charge on any atom is 0.335 e. The molecule has 1 N–H and O–H groups in total. The maximum absolute atomic E-state index is 11.7. The van der Waals surface area contributed by atoms with Crippen molar-refractivity contribution < 1.29 is 24.5 Å². The maximum atomic E-state index is 11.7. The second-order valence-corrected chi connectivity index (χ2v) is 4.09. The van der Waals surface area contributed by atoms with E-state index in [-0.39, 0.29) is 5.56 Å². The number of carbonyl (C=O) groups is 1. The lowest BCUT2D eigenvalue weighted by Gasteiger charge is -2.14. The fourth-order valence-corrected chi connectivity index (χ4v) is 1.89. The van der Waals surface area contributed by atoms with Crippen molar-refractivity contribution in [2.75, 3.05) is 14.2 Å². The van der Waals surface area contributed by atoms with Crippen LogP contribution in [0.4, 0.5) is 0 Å². The fraction of sp³-hybridized carbons (Fsp3) is 0.133. The molecule has 104 valence electrons. The summed E-state index contributed by atoms with van der Waals surface area (Å²) in [5.41, 5.74) is 1.13. The van der Waals surface area contributed by atoms with Gasteiger partial charge in [0.15, 0.2) is 11.5 Å². The van der Waals surface area contributed by atoms with E-state index >= 15 is 0 Å². The summed E-state index contributed by atoms with van der Waals surface area (Å²) in [6.07, 6.45) is 0. The van der Waals surface area contributed by atoms with Crippen molar-refractivity contribution in [1.82, 2.24) is 0 Å². The molecule has 0 spiro atoms. The summed E-state index contributed by atoms with van der Waals surface area (Å²) in [7, 11) is 3.06. The zero-order valence-corrected chi connectivity index (χ0v) is 11.0. The van der Waals surface area contributed by atoms with Gasteiger partial charge in [-0.3, -0.25) is 0 Å². The number of rotatable bonds is 4. The van der Waals surface area contributed by atoms with Crippen LogP contribution in [0.2, 0.25) is 0 Å². The highest BCUT2D eigenvalue weighted by Crippen LogP contribution is 2.33. The van der Waals surface area contributed by atoms with Gasteiger partial charge in [0.1, 0.15) is 0 Å². The van der Waals surface area contributed by atoms with Crippen molar-refractivity contribution in [2.45, 2.75) is 0 Å². The molecule has 0 fully saturated rings. The standard InChI is InChI=1S/C15H14O5/c1-19-13-6-4-10(8-14(13)20-2)9-3-5-11(15(17)18)12(16)7-9/h3-8,16H,1-2H3,(H,17,18)/p-1. The highest BCUT2D eigenvalue weighted by Gasteiger charge is 2.08. The van der Waals surface area contributed by atoms with Crippen LogP contribution >= 0.6 is 0 Å². The number of hydrogen-bond donors (Lipinski definition) is 1. The molecule has 0 amide bonds. The van der Waals surface area contributed by atoms with E-state index in [1.165, 1.54) is 26.4 Å². The minimum Gasteiger partial charge on any atom is -0.872 e. The first kappa shape index (κ1) is 13.7. The van der Waals surface area contributed by atoms with Crippen molar-refractivity contribution in [1.29, 1.82) is 0 Å². The Morgan fingerprint density at radius 1 is 1.00 bits per heavy atom. The molecular weight excluding hydrogens is 260 g/mol. The van der Waals surface area contributed by atoms with Gasteiger partial charge in [0.25, 0.3) is 0 Å². The van der Waals surface area contributed by atoms with E-state index in [4.69, 9.17) is 14.6 Å². The van der Waals surface area contributed by atoms with Crippen molar-refractivity contribution in [3.63, 3.8) is 0 Å². The molecule has 0 aliphatic rings. The number of hydrogen-bond acceptors (Lipinski definition) is 4. The van der Waals surface area contributed by atoms with Crippen LogP contribution in [-0.2, 0) is 0 Å². The van der Waals surface area contributed by atoms with Gasteiger partial charge in [-0.2, -0.15) is 0 Å². The molecule has 0 aliphatic carbocycles. The molecule has 2 aromatic carbocycles. The molecule has 0 heterocycles. The molecule has 0 unspecified atom stereocenters. The predicted octanol–water partition coefficient (Wildman–Crippen LogP) is 2.14. The summed E-state index contributed by atoms with van der Waals surface area (Å²) in [4.78, 5) is 10.8. The predicted molar refractivity (Wildman–Crippen MR) is 71.4 cm³/mol. The monoisotopic (exact) mass is 273 g/mol. The molecule has 0 saturated heterocycles. The molecule has 0 saturated carbocycles. The Bertz CT molecular complexity index is 649. The van der Waals surface area contributed by atoms with Crippen molar-refractivity contribution in [3.05, 3.63) is 42.0 Å². The number of benzene rings is 2. The van der Waals surface area contributed by atoms with Crippen LogP contribution in [0.3, 0.4) is 0 Å². The lowest BCUT2D eigenvalue weighted by molar-refractivity contribution is -0.268. The smallest absolute Gasteiger partial charge is 0.335 e. The molecule has 2 rings (SSSR count). The summed E-state index contributed by atoms with van der Waals surface area (Å²) in [6, 6.07) is 9.42. The first-order chi connectivity index (χ1) is 9.56. The van der Waals surface area contributed by atoms with Crippen LogP contribution in [0.5, 0.6) is 17.2 Å². The number of ether oxygens (including phenoxy) is 2. The lowest BCUT2D eigenvalue weighted by Crippen LogP contribution is -2.03. The summed E-state index contributed by atoms with van der Waals surface area (Å²) in [5, 5.41) is 20.5. The second kappa shape index (κ2) is 5.52. The van der Waals surface area contributed by atoms with Crippen LogP contribution < -0.4 is 14.6 Å². The van der Waals surface area contributed by atoms with Gasteiger partial charge in [-0.05, 0) is 29.3 Å². The molecule has 0 radical (unpaired) electrons. The van der Waals surface area contributed by atoms with Gasteiger partial charge < -0.3 is 19.7 Å². The first-order valence-corrected chi connectivity index (χ1v) is 5.83. The average molecular weight is 273 g/mol. The number of methoxy groups -OCH3 is 2. The van der Waals surface area contributed by atoms with E-state index in [0.29, 0.717) is 17.1 Å². The van der Waals surface area contributed by atoms with E-state index in [1.54, 1.807) is 24.3 Å². The van der Waals surface area contributed by atoms with Crippen LogP contribution in [0.1, 0.15) is 10.4 Å². The van der Waals surface area contributed by atoms with Crippen molar-refractivity contribution in [2.24, 2.45) is 0 Å². The number of aromatic carboxylic acids is 1. The van der Waals surface area contributed by atoms with Gasteiger partial charge in [0.05, 0.1) is 19.8 Å². The topological polar surface area (TPSA) is 78.8 Å². The zero-order chi connectivity index (χ0) is 14.7. The fourth-order valence-electron chi connectivity index (χ4n) is 1.89. The lowest BCUT2D eigenvalue weighted by atomic mass is 10.0. The van der Waals surface area contributed by atoms with Crippen LogP contribution in [-0.4, -0.2) is 25.3 Å². The van der Waals surface area contributed by atoms with Gasteiger partial charge in [0.2, 0.25) is 0 Å². The molecule has 0 bridgehead atoms. The van der Waals surface area contributed by atoms with E-state index in [2.05, 4.69) is 0 Å².